The van der Waals surface area contributed by atoms with Gasteiger partial charge < -0.3 is 10.1 Å². The standard InChI is InChI=1S/C18H16FN3O3/c1-25-13-6-5-11-7-8-18(14(11)9-13)16(23)22(17(24)21-18)10-12-3-2-4-15(19)20-12/h2-6,9H,7-8,10H2,1H3,(H,21,24). The molecule has 25 heavy (non-hydrogen) atoms. The van der Waals surface area contributed by atoms with Gasteiger partial charge in [-0.1, -0.05) is 12.1 Å². The van der Waals surface area contributed by atoms with Crippen molar-refractivity contribution in [2.45, 2.75) is 24.9 Å². The number of hydrogen-bond donors (Lipinski definition) is 1. The molecule has 1 atom stereocenters. The first kappa shape index (κ1) is 15.6. The highest BCUT2D eigenvalue weighted by molar-refractivity contribution is 6.08. The van der Waals surface area contributed by atoms with Crippen LogP contribution in [-0.2, 0) is 23.3 Å². The summed E-state index contributed by atoms with van der Waals surface area (Å²) in [6.07, 6.45) is 1.19. The van der Waals surface area contributed by atoms with Gasteiger partial charge in [0, 0.05) is 0 Å². The molecule has 1 aliphatic heterocycles. The normalized spacial score (nSPS) is 21.6. The Morgan fingerprint density at radius 1 is 1.32 bits per heavy atom. The molecule has 1 unspecified atom stereocenters. The fourth-order valence-corrected chi connectivity index (χ4v) is 3.58. The number of fused-ring (bicyclic) bond motifs is 2. The number of aryl methyl sites for hydroxylation is 1. The summed E-state index contributed by atoms with van der Waals surface area (Å²) in [6, 6.07) is 9.36. The second-order valence-electron chi connectivity index (χ2n) is 6.20. The van der Waals surface area contributed by atoms with Gasteiger partial charge in [0.2, 0.25) is 5.95 Å². The SMILES string of the molecule is COc1ccc2c(c1)C1(CC2)NC(=O)N(Cc2cccc(F)n2)C1=O. The van der Waals surface area contributed by atoms with E-state index in [0.29, 0.717) is 24.3 Å². The number of imide groups is 1. The molecule has 0 radical (unpaired) electrons. The quantitative estimate of drug-likeness (QED) is 0.686. The van der Waals surface area contributed by atoms with Crippen molar-refractivity contribution in [3.05, 3.63) is 59.2 Å². The largest absolute Gasteiger partial charge is 0.497 e. The lowest BCUT2D eigenvalue weighted by molar-refractivity contribution is -0.132. The van der Waals surface area contributed by atoms with Crippen molar-refractivity contribution in [2.24, 2.45) is 0 Å². The number of rotatable bonds is 3. The number of hydrogen-bond acceptors (Lipinski definition) is 4. The molecule has 2 heterocycles. The lowest BCUT2D eigenvalue weighted by atomic mass is 9.91. The molecule has 6 nitrogen and oxygen atoms in total. The van der Waals surface area contributed by atoms with Crippen LogP contribution < -0.4 is 10.1 Å². The molecule has 0 saturated carbocycles. The van der Waals surface area contributed by atoms with Gasteiger partial charge in [-0.05, 0) is 48.2 Å². The summed E-state index contributed by atoms with van der Waals surface area (Å²) in [7, 11) is 1.56. The third-order valence-electron chi connectivity index (χ3n) is 4.81. The molecule has 2 aromatic rings. The van der Waals surface area contributed by atoms with E-state index < -0.39 is 17.5 Å². The molecule has 2 aliphatic rings. The maximum Gasteiger partial charge on any atom is 0.325 e. The first-order valence-corrected chi connectivity index (χ1v) is 7.96. The molecule has 1 aromatic heterocycles. The summed E-state index contributed by atoms with van der Waals surface area (Å²) in [5.41, 5.74) is 1.03. The summed E-state index contributed by atoms with van der Waals surface area (Å²) in [6.45, 7) is -0.0660. The highest BCUT2D eigenvalue weighted by atomic mass is 19.1. The number of nitrogens with one attached hydrogen (secondary N) is 1. The van der Waals surface area contributed by atoms with Crippen LogP contribution in [0.1, 0.15) is 23.2 Å². The van der Waals surface area contributed by atoms with E-state index in [9.17, 15) is 14.0 Å². The predicted octanol–water partition coefficient (Wildman–Crippen LogP) is 2.12. The Labute approximate surface area is 143 Å². The summed E-state index contributed by atoms with van der Waals surface area (Å²) < 4.78 is 18.5. The van der Waals surface area contributed by atoms with Crippen LogP contribution in [0.15, 0.2) is 36.4 Å². The Morgan fingerprint density at radius 2 is 2.16 bits per heavy atom. The van der Waals surface area contributed by atoms with E-state index in [0.717, 1.165) is 16.0 Å². The van der Waals surface area contributed by atoms with E-state index in [1.54, 1.807) is 19.2 Å². The number of pyridine rings is 1. The Kier molecular flexibility index (Phi) is 3.45. The van der Waals surface area contributed by atoms with Gasteiger partial charge >= 0.3 is 6.03 Å². The summed E-state index contributed by atoms with van der Waals surface area (Å²) >= 11 is 0. The summed E-state index contributed by atoms with van der Waals surface area (Å²) in [5.74, 6) is -0.349. The second-order valence-corrected chi connectivity index (χ2v) is 6.20. The Balaban J connectivity index is 1.69. The second kappa shape index (κ2) is 5.54. The molecule has 128 valence electrons. The number of carbonyl (C=O) groups is 2. The van der Waals surface area contributed by atoms with Crippen LogP contribution in [0.2, 0.25) is 0 Å². The van der Waals surface area contributed by atoms with Crippen LogP contribution in [0.4, 0.5) is 9.18 Å². The maximum atomic E-state index is 13.3. The van der Waals surface area contributed by atoms with E-state index in [1.807, 2.05) is 12.1 Å². The van der Waals surface area contributed by atoms with Gasteiger partial charge in [0.15, 0.2) is 0 Å². The zero-order valence-electron chi connectivity index (χ0n) is 13.6. The number of amides is 3. The highest BCUT2D eigenvalue weighted by Gasteiger charge is 2.55. The van der Waals surface area contributed by atoms with Crippen LogP contribution >= 0.6 is 0 Å². The lowest BCUT2D eigenvalue weighted by Crippen LogP contribution is -2.41. The van der Waals surface area contributed by atoms with Crippen molar-refractivity contribution < 1.29 is 18.7 Å². The molecular formula is C18H16FN3O3. The number of methoxy groups -OCH3 is 1. The fourth-order valence-electron chi connectivity index (χ4n) is 3.58. The van der Waals surface area contributed by atoms with Gasteiger partial charge in [-0.2, -0.15) is 4.39 Å². The third-order valence-corrected chi connectivity index (χ3v) is 4.81. The smallest absolute Gasteiger partial charge is 0.325 e. The fraction of sp³-hybridized carbons (Fsp3) is 0.278. The van der Waals surface area contributed by atoms with Gasteiger partial charge in [-0.25, -0.2) is 9.78 Å². The predicted molar refractivity (Wildman–Crippen MR) is 86.3 cm³/mol. The number of ether oxygens (including phenoxy) is 1. The minimum atomic E-state index is -1.08. The van der Waals surface area contributed by atoms with E-state index >= 15 is 0 Å². The average Bonchev–Trinajstić information content (AvgIpc) is 3.08. The number of benzene rings is 1. The van der Waals surface area contributed by atoms with Crippen molar-refractivity contribution in [3.63, 3.8) is 0 Å². The molecule has 4 rings (SSSR count). The molecule has 1 spiro atoms. The number of carbonyl (C=O) groups excluding carboxylic acids is 2. The van der Waals surface area contributed by atoms with Crippen molar-refractivity contribution >= 4 is 11.9 Å². The average molecular weight is 341 g/mol. The Hall–Kier alpha value is -2.96. The highest BCUT2D eigenvalue weighted by Crippen LogP contribution is 2.43. The van der Waals surface area contributed by atoms with Crippen LogP contribution in [-0.4, -0.2) is 28.9 Å². The topological polar surface area (TPSA) is 71.5 Å². The molecule has 1 aromatic carbocycles. The van der Waals surface area contributed by atoms with E-state index in [4.69, 9.17) is 4.74 Å². The molecule has 1 aliphatic carbocycles. The summed E-state index contributed by atoms with van der Waals surface area (Å²) in [5, 5.41) is 2.83. The van der Waals surface area contributed by atoms with Crippen LogP contribution in [0, 0.1) is 5.95 Å². The van der Waals surface area contributed by atoms with E-state index in [1.165, 1.54) is 12.1 Å². The zero-order valence-corrected chi connectivity index (χ0v) is 13.6. The van der Waals surface area contributed by atoms with Gasteiger partial charge in [0.05, 0.1) is 19.3 Å². The van der Waals surface area contributed by atoms with Crippen LogP contribution in [0.5, 0.6) is 5.75 Å². The minimum absolute atomic E-state index is 0.0660. The molecular weight excluding hydrogens is 325 g/mol. The third kappa shape index (κ3) is 2.34. The first-order chi connectivity index (χ1) is 12.0. The van der Waals surface area contributed by atoms with Crippen molar-refractivity contribution in [1.82, 2.24) is 15.2 Å². The van der Waals surface area contributed by atoms with Crippen LogP contribution in [0.25, 0.3) is 0 Å². The molecule has 3 amide bonds. The monoisotopic (exact) mass is 341 g/mol. The molecule has 0 bridgehead atoms. The van der Waals surface area contributed by atoms with E-state index in [-0.39, 0.29) is 12.5 Å². The van der Waals surface area contributed by atoms with E-state index in [2.05, 4.69) is 10.3 Å². The first-order valence-electron chi connectivity index (χ1n) is 7.96. The molecule has 1 fully saturated rings. The lowest BCUT2D eigenvalue weighted by Gasteiger charge is -2.22. The maximum absolute atomic E-state index is 13.3. The Bertz CT molecular complexity index is 886. The zero-order chi connectivity index (χ0) is 17.6. The minimum Gasteiger partial charge on any atom is -0.497 e. The number of aromatic nitrogens is 1. The summed E-state index contributed by atoms with van der Waals surface area (Å²) in [4.78, 5) is 30.3. The molecule has 1 N–H and O–H groups in total. The molecule has 7 heteroatoms. The van der Waals surface area contributed by atoms with Crippen LogP contribution in [0.3, 0.4) is 0 Å². The van der Waals surface area contributed by atoms with Crippen molar-refractivity contribution in [3.8, 4) is 5.75 Å². The Morgan fingerprint density at radius 3 is 2.92 bits per heavy atom. The number of halogens is 1. The van der Waals surface area contributed by atoms with Crippen molar-refractivity contribution in [1.29, 1.82) is 0 Å². The number of urea groups is 1. The number of nitrogens with zero attached hydrogens (tertiary/aromatic N) is 2. The van der Waals surface area contributed by atoms with Gasteiger partial charge in [-0.3, -0.25) is 9.69 Å². The van der Waals surface area contributed by atoms with Gasteiger partial charge in [-0.15, -0.1) is 0 Å². The van der Waals surface area contributed by atoms with Gasteiger partial charge in [0.1, 0.15) is 11.3 Å². The molecule has 1 saturated heterocycles. The van der Waals surface area contributed by atoms with Crippen molar-refractivity contribution in [2.75, 3.05) is 7.11 Å². The van der Waals surface area contributed by atoms with Gasteiger partial charge in [0.25, 0.3) is 5.91 Å².